The summed E-state index contributed by atoms with van der Waals surface area (Å²) >= 11 is 1.93. The molecule has 0 radical (unpaired) electrons. The summed E-state index contributed by atoms with van der Waals surface area (Å²) in [6, 6.07) is 5.74. The highest BCUT2D eigenvalue weighted by atomic mass is 32.2. The van der Waals surface area contributed by atoms with Gasteiger partial charge in [0.05, 0.1) is 12.2 Å². The first kappa shape index (κ1) is 16.7. The Balaban J connectivity index is 2.67. The lowest BCUT2D eigenvalue weighted by atomic mass is 10.1. The number of anilines is 2. The summed E-state index contributed by atoms with van der Waals surface area (Å²) in [4.78, 5) is 11.8. The minimum Gasteiger partial charge on any atom is -0.462 e. The monoisotopic (exact) mass is 296 g/mol. The van der Waals surface area contributed by atoms with E-state index < -0.39 is 0 Å². The lowest BCUT2D eigenvalue weighted by Gasteiger charge is -2.16. The highest BCUT2D eigenvalue weighted by Gasteiger charge is 2.12. The molecule has 0 fully saturated rings. The Morgan fingerprint density at radius 2 is 2.20 bits per heavy atom. The molecule has 1 aromatic carbocycles. The van der Waals surface area contributed by atoms with Crippen molar-refractivity contribution >= 4 is 29.1 Å². The SMILES string of the molecule is CCOC(=O)c1cc(NC(C)CCSCC)ccc1N. The van der Waals surface area contributed by atoms with Gasteiger partial charge in [-0.25, -0.2) is 4.79 Å². The number of nitrogens with one attached hydrogen (secondary N) is 1. The van der Waals surface area contributed by atoms with Gasteiger partial charge in [-0.05, 0) is 50.0 Å². The lowest BCUT2D eigenvalue weighted by Crippen LogP contribution is -2.17. The van der Waals surface area contributed by atoms with Gasteiger partial charge in [0.15, 0.2) is 0 Å². The van der Waals surface area contributed by atoms with Gasteiger partial charge >= 0.3 is 5.97 Å². The largest absolute Gasteiger partial charge is 0.462 e. The number of rotatable bonds is 8. The maximum atomic E-state index is 11.8. The third-order valence-corrected chi connectivity index (χ3v) is 3.79. The van der Waals surface area contributed by atoms with Crippen molar-refractivity contribution in [2.24, 2.45) is 0 Å². The second kappa shape index (κ2) is 8.74. The van der Waals surface area contributed by atoms with Crippen molar-refractivity contribution in [3.63, 3.8) is 0 Å². The summed E-state index contributed by atoms with van der Waals surface area (Å²) in [5, 5.41) is 3.39. The van der Waals surface area contributed by atoms with Crippen LogP contribution in [0.2, 0.25) is 0 Å². The summed E-state index contributed by atoms with van der Waals surface area (Å²) in [6.07, 6.45) is 1.08. The average molecular weight is 296 g/mol. The molecule has 0 aliphatic rings. The van der Waals surface area contributed by atoms with Gasteiger partial charge < -0.3 is 15.8 Å². The van der Waals surface area contributed by atoms with Crippen LogP contribution in [0.5, 0.6) is 0 Å². The van der Waals surface area contributed by atoms with E-state index in [0.29, 0.717) is 23.9 Å². The van der Waals surface area contributed by atoms with Crippen LogP contribution in [0.4, 0.5) is 11.4 Å². The highest BCUT2D eigenvalue weighted by molar-refractivity contribution is 7.99. The molecule has 3 N–H and O–H groups in total. The van der Waals surface area contributed by atoms with E-state index in [0.717, 1.165) is 23.6 Å². The van der Waals surface area contributed by atoms with Gasteiger partial charge in [-0.3, -0.25) is 0 Å². The first-order valence-corrected chi connectivity index (χ1v) is 8.14. The molecule has 0 saturated heterocycles. The minimum atomic E-state index is -0.372. The van der Waals surface area contributed by atoms with Crippen molar-refractivity contribution in [1.82, 2.24) is 0 Å². The van der Waals surface area contributed by atoms with Crippen molar-refractivity contribution < 1.29 is 9.53 Å². The number of nitrogen functional groups attached to an aromatic ring is 1. The third-order valence-electron chi connectivity index (χ3n) is 2.86. The lowest BCUT2D eigenvalue weighted by molar-refractivity contribution is 0.0527. The molecule has 0 saturated carbocycles. The smallest absolute Gasteiger partial charge is 0.340 e. The van der Waals surface area contributed by atoms with E-state index in [9.17, 15) is 4.79 Å². The van der Waals surface area contributed by atoms with Crippen molar-refractivity contribution in [2.75, 3.05) is 29.2 Å². The molecule has 0 bridgehead atoms. The van der Waals surface area contributed by atoms with Crippen LogP contribution in [0.15, 0.2) is 18.2 Å². The fourth-order valence-corrected chi connectivity index (χ4v) is 2.60. The van der Waals surface area contributed by atoms with E-state index in [2.05, 4.69) is 19.2 Å². The topological polar surface area (TPSA) is 64.3 Å². The van der Waals surface area contributed by atoms with Crippen LogP contribution < -0.4 is 11.1 Å². The standard InChI is InChI=1S/C15H24N2O2S/c1-4-19-15(18)13-10-12(6-7-14(13)16)17-11(3)8-9-20-5-2/h6-7,10-11,17H,4-5,8-9,16H2,1-3H3. The van der Waals surface area contributed by atoms with Crippen LogP contribution in [-0.4, -0.2) is 30.1 Å². The van der Waals surface area contributed by atoms with Crippen molar-refractivity contribution in [3.05, 3.63) is 23.8 Å². The van der Waals surface area contributed by atoms with Gasteiger partial charge in [0, 0.05) is 17.4 Å². The number of ether oxygens (including phenoxy) is 1. The quantitative estimate of drug-likeness (QED) is 0.437. The summed E-state index contributed by atoms with van der Waals surface area (Å²) in [7, 11) is 0. The van der Waals surface area contributed by atoms with E-state index in [1.807, 2.05) is 17.8 Å². The minimum absolute atomic E-state index is 0.348. The number of hydrogen-bond acceptors (Lipinski definition) is 5. The van der Waals surface area contributed by atoms with Gasteiger partial charge in [0.25, 0.3) is 0 Å². The molecule has 5 heteroatoms. The Hall–Kier alpha value is -1.36. The number of benzene rings is 1. The van der Waals surface area contributed by atoms with E-state index in [1.54, 1.807) is 19.1 Å². The van der Waals surface area contributed by atoms with Gasteiger partial charge in [-0.1, -0.05) is 6.92 Å². The summed E-state index contributed by atoms with van der Waals surface area (Å²) in [5.74, 6) is 1.90. The highest BCUT2D eigenvalue weighted by Crippen LogP contribution is 2.20. The fourth-order valence-electron chi connectivity index (χ4n) is 1.79. The Morgan fingerprint density at radius 1 is 1.45 bits per heavy atom. The molecule has 4 nitrogen and oxygen atoms in total. The van der Waals surface area contributed by atoms with Gasteiger partial charge in [-0.15, -0.1) is 0 Å². The molecule has 1 rings (SSSR count). The zero-order valence-corrected chi connectivity index (χ0v) is 13.3. The molecule has 1 unspecified atom stereocenters. The number of nitrogens with two attached hydrogens (primary N) is 1. The Morgan fingerprint density at radius 3 is 2.85 bits per heavy atom. The van der Waals surface area contributed by atoms with Crippen LogP contribution in [0, 0.1) is 0 Å². The van der Waals surface area contributed by atoms with E-state index in [4.69, 9.17) is 10.5 Å². The summed E-state index contributed by atoms with van der Waals surface area (Å²) < 4.78 is 5.00. The molecule has 0 heterocycles. The van der Waals surface area contributed by atoms with Crippen LogP contribution in [0.3, 0.4) is 0 Å². The van der Waals surface area contributed by atoms with Crippen molar-refractivity contribution in [3.8, 4) is 0 Å². The first-order chi connectivity index (χ1) is 9.58. The molecule has 0 spiro atoms. The second-order valence-electron chi connectivity index (χ2n) is 4.55. The molecule has 1 atom stereocenters. The van der Waals surface area contributed by atoms with Crippen LogP contribution >= 0.6 is 11.8 Å². The van der Waals surface area contributed by atoms with Crippen LogP contribution in [-0.2, 0) is 4.74 Å². The van der Waals surface area contributed by atoms with Crippen molar-refractivity contribution in [1.29, 1.82) is 0 Å². The molecule has 20 heavy (non-hydrogen) atoms. The van der Waals surface area contributed by atoms with Gasteiger partial charge in [-0.2, -0.15) is 11.8 Å². The molecule has 0 aliphatic heterocycles. The van der Waals surface area contributed by atoms with Gasteiger partial charge in [0.1, 0.15) is 0 Å². The van der Waals surface area contributed by atoms with Gasteiger partial charge in [0.2, 0.25) is 0 Å². The molecule has 0 amide bonds. The number of hydrogen-bond donors (Lipinski definition) is 2. The molecule has 0 aliphatic carbocycles. The predicted octanol–water partition coefficient (Wildman–Crippen LogP) is 3.39. The maximum Gasteiger partial charge on any atom is 0.340 e. The number of carbonyl (C=O) groups excluding carboxylic acids is 1. The molecular weight excluding hydrogens is 272 g/mol. The Labute approximate surface area is 125 Å². The van der Waals surface area contributed by atoms with Crippen LogP contribution in [0.1, 0.15) is 37.6 Å². The van der Waals surface area contributed by atoms with E-state index >= 15 is 0 Å². The fraction of sp³-hybridized carbons (Fsp3) is 0.533. The second-order valence-corrected chi connectivity index (χ2v) is 5.95. The van der Waals surface area contributed by atoms with E-state index in [1.165, 1.54) is 0 Å². The van der Waals surface area contributed by atoms with Crippen LogP contribution in [0.25, 0.3) is 0 Å². The molecule has 112 valence electrons. The summed E-state index contributed by atoms with van der Waals surface area (Å²) in [5.41, 5.74) is 7.59. The van der Waals surface area contributed by atoms with E-state index in [-0.39, 0.29) is 5.97 Å². The molecule has 1 aromatic rings. The first-order valence-electron chi connectivity index (χ1n) is 6.99. The zero-order valence-electron chi connectivity index (χ0n) is 12.4. The number of carbonyl (C=O) groups is 1. The average Bonchev–Trinajstić information content (AvgIpc) is 2.41. The van der Waals surface area contributed by atoms with Crippen molar-refractivity contribution in [2.45, 2.75) is 33.2 Å². The zero-order chi connectivity index (χ0) is 15.0. The number of thioether (sulfide) groups is 1. The predicted molar refractivity (Wildman–Crippen MR) is 87.5 cm³/mol. The maximum absolute atomic E-state index is 11.8. The Bertz CT molecular complexity index is 438. The number of esters is 1. The molecular formula is C15H24N2O2S. The normalized spacial score (nSPS) is 11.9. The Kier molecular flexibility index (Phi) is 7.30. The molecule has 0 aromatic heterocycles. The summed E-state index contributed by atoms with van der Waals surface area (Å²) in [6.45, 7) is 6.43. The third kappa shape index (κ3) is 5.33.